The lowest BCUT2D eigenvalue weighted by Gasteiger charge is -2.49. The second-order valence-electron chi connectivity index (χ2n) is 20.6. The first-order valence-electron chi connectivity index (χ1n) is 24.5. The van der Waals surface area contributed by atoms with Gasteiger partial charge in [-0.1, -0.05) is 62.6 Å². The van der Waals surface area contributed by atoms with Gasteiger partial charge in [0.2, 0.25) is 0 Å². The third kappa shape index (κ3) is 14.2. The largest absolute Gasteiger partial charge is 0.459 e. The summed E-state index contributed by atoms with van der Waals surface area (Å²) < 4.78 is 45.5. The van der Waals surface area contributed by atoms with Crippen molar-refractivity contribution in [3.8, 4) is 0 Å². The Hall–Kier alpha value is -0.800. The van der Waals surface area contributed by atoms with Gasteiger partial charge in [-0.2, -0.15) is 0 Å². The number of carbonyl (C=O) groups is 2. The Labute approximate surface area is 398 Å². The van der Waals surface area contributed by atoms with Gasteiger partial charge in [-0.25, -0.2) is 0 Å². The summed E-state index contributed by atoms with van der Waals surface area (Å²) in [5.74, 6) is -1.86. The van der Waals surface area contributed by atoms with Gasteiger partial charge in [-0.3, -0.25) is 9.59 Å². The number of ether oxygens (including phenoxy) is 7. The molecule has 0 unspecified atom stereocenters. The van der Waals surface area contributed by atoms with Crippen molar-refractivity contribution in [2.24, 2.45) is 17.8 Å². The predicted molar refractivity (Wildman–Crippen MR) is 254 cm³/mol. The number of methoxy groups -OCH3 is 1. The summed E-state index contributed by atoms with van der Waals surface area (Å²) >= 11 is 0. The average Bonchev–Trinajstić information content (AvgIpc) is 3.78. The molecule has 15 nitrogen and oxygen atoms in total. The van der Waals surface area contributed by atoms with E-state index in [2.05, 4.69) is 0 Å². The summed E-state index contributed by atoms with van der Waals surface area (Å²) in [7, 11) is 11.1. The van der Waals surface area contributed by atoms with E-state index in [-0.39, 0.29) is 56.1 Å². The molecule has 65 heavy (non-hydrogen) atoms. The van der Waals surface area contributed by atoms with E-state index in [1.54, 1.807) is 34.6 Å². The van der Waals surface area contributed by atoms with Crippen molar-refractivity contribution in [3.63, 3.8) is 0 Å². The molecule has 0 amide bonds. The van der Waals surface area contributed by atoms with E-state index in [0.717, 1.165) is 12.8 Å². The summed E-state index contributed by atoms with van der Waals surface area (Å²) in [6.07, 6.45) is -3.44. The van der Waals surface area contributed by atoms with Gasteiger partial charge >= 0.3 is 11.9 Å². The summed E-state index contributed by atoms with van der Waals surface area (Å²) in [6.45, 7) is 18.8. The topological polar surface area (TPSA) is 186 Å². The number of aliphatic hydroxyl groups excluding tert-OH is 2. The molecule has 4 saturated heterocycles. The fourth-order valence-electron chi connectivity index (χ4n) is 10.7. The average molecular weight is 965 g/mol. The summed E-state index contributed by atoms with van der Waals surface area (Å²) in [5.41, 5.74) is -4.44. The smallest absolute Gasteiger partial charge is 0.311 e. The molecule has 0 aromatic carbocycles. The number of esters is 2. The van der Waals surface area contributed by atoms with Crippen molar-refractivity contribution in [2.45, 2.75) is 235 Å². The molecule has 0 spiro atoms. The molecule has 0 aromatic rings. The number of likely N-dealkylation sites (N-methyl/N-ethyl adjacent to an activating group) is 2. The highest BCUT2D eigenvalue weighted by atomic mass is 33.1. The van der Waals surface area contributed by atoms with Crippen molar-refractivity contribution in [1.82, 2.24) is 9.80 Å². The van der Waals surface area contributed by atoms with Crippen molar-refractivity contribution in [1.29, 1.82) is 0 Å². The van der Waals surface area contributed by atoms with Crippen LogP contribution in [0.5, 0.6) is 0 Å². The zero-order valence-corrected chi connectivity index (χ0v) is 43.7. The number of rotatable bonds is 15. The Morgan fingerprint density at radius 2 is 1.65 bits per heavy atom. The Balaban J connectivity index is 1.80. The maximum Gasteiger partial charge on any atom is 0.311 e. The first kappa shape index (κ1) is 56.8. The van der Waals surface area contributed by atoms with Gasteiger partial charge in [0, 0.05) is 49.5 Å². The first-order valence-corrected chi connectivity index (χ1v) is 26.9. The number of hydrogen-bond acceptors (Lipinski definition) is 17. The summed E-state index contributed by atoms with van der Waals surface area (Å²) in [4.78, 5) is 32.3. The van der Waals surface area contributed by atoms with Crippen LogP contribution in [-0.4, -0.2) is 178 Å². The van der Waals surface area contributed by atoms with E-state index in [9.17, 15) is 30.0 Å². The fraction of sp³-hybridized carbons (Fsp3) is 0.958. The molecule has 4 N–H and O–H groups in total. The number of nitrogens with zero attached hydrogens (tertiary/aromatic N) is 2. The van der Waals surface area contributed by atoms with E-state index in [4.69, 9.17) is 33.2 Å². The van der Waals surface area contributed by atoms with Gasteiger partial charge in [-0.05, 0) is 113 Å². The van der Waals surface area contributed by atoms with Crippen LogP contribution < -0.4 is 0 Å². The van der Waals surface area contributed by atoms with Crippen LogP contribution in [0.2, 0.25) is 0 Å². The van der Waals surface area contributed by atoms with E-state index in [1.807, 2.05) is 87.1 Å². The minimum Gasteiger partial charge on any atom is -0.459 e. The summed E-state index contributed by atoms with van der Waals surface area (Å²) in [6, 6.07) is -0.826. The van der Waals surface area contributed by atoms with Crippen molar-refractivity contribution in [3.05, 3.63) is 0 Å². The van der Waals surface area contributed by atoms with Crippen LogP contribution in [0.15, 0.2) is 0 Å². The predicted octanol–water partition coefficient (Wildman–Crippen LogP) is 5.95. The number of unbranched alkanes of at least 4 members (excludes halogenated alkanes) is 1. The zero-order chi connectivity index (χ0) is 48.6. The van der Waals surface area contributed by atoms with E-state index in [1.165, 1.54) is 19.3 Å². The first-order chi connectivity index (χ1) is 30.5. The third-order valence-corrected chi connectivity index (χ3v) is 18.0. The Morgan fingerprint density at radius 3 is 2.23 bits per heavy atom. The maximum absolute atomic E-state index is 14.7. The van der Waals surface area contributed by atoms with Gasteiger partial charge < -0.3 is 63.4 Å². The molecule has 380 valence electrons. The van der Waals surface area contributed by atoms with Crippen LogP contribution in [0.4, 0.5) is 0 Å². The number of hydrogen-bond donors (Lipinski definition) is 4. The van der Waals surface area contributed by atoms with Crippen molar-refractivity contribution in [2.75, 3.05) is 40.6 Å². The van der Waals surface area contributed by atoms with E-state index in [0.29, 0.717) is 31.1 Å². The third-order valence-electron chi connectivity index (χ3n) is 15.0. The lowest BCUT2D eigenvalue weighted by atomic mass is 9.77. The molecule has 4 heterocycles. The van der Waals surface area contributed by atoms with E-state index >= 15 is 0 Å². The van der Waals surface area contributed by atoms with Crippen LogP contribution in [0.1, 0.15) is 140 Å². The highest BCUT2D eigenvalue weighted by molar-refractivity contribution is 8.77. The quantitative estimate of drug-likeness (QED) is 0.0857. The van der Waals surface area contributed by atoms with Crippen LogP contribution in [0, 0.1) is 17.8 Å². The lowest BCUT2D eigenvalue weighted by molar-refractivity contribution is -0.320. The normalized spacial score (nSPS) is 44.3. The minimum atomic E-state index is -1.78. The SMILES string of the molecule is CC[C@@H]1O[C@@H](O[C@H]2[C@H](C)[C@@H](O[C@@H]3O[C@H](C)C[C@H](N(C)C)[C@H]3OC(=O)CCCC[C@@H]3CCSS3)[C@](C)(O)C[C@@H](C)CN(C)[C@H](C)[C@@H](O)[C@@](O)(CC)[C@@H](CC)OC(=O)[C@@H]2C)C[C@@](C)(OC)[C@H]1O. The molecule has 0 aromatic heterocycles. The highest BCUT2D eigenvalue weighted by Crippen LogP contribution is 2.42. The zero-order valence-electron chi connectivity index (χ0n) is 42.1. The molecule has 0 bridgehead atoms. The molecular weight excluding hydrogens is 877 g/mol. The Morgan fingerprint density at radius 1 is 0.954 bits per heavy atom. The van der Waals surface area contributed by atoms with Crippen LogP contribution >= 0.6 is 21.6 Å². The molecule has 4 fully saturated rings. The second-order valence-corrected chi connectivity index (χ2v) is 23.4. The number of aliphatic hydroxyl groups is 4. The van der Waals surface area contributed by atoms with Gasteiger partial charge in [0.05, 0.1) is 47.6 Å². The number of carbonyl (C=O) groups excluding carboxylic acids is 2. The van der Waals surface area contributed by atoms with Gasteiger partial charge in [0.15, 0.2) is 18.7 Å². The minimum absolute atomic E-state index is 0.119. The van der Waals surface area contributed by atoms with Crippen LogP contribution in [0.3, 0.4) is 0 Å². The summed E-state index contributed by atoms with van der Waals surface area (Å²) in [5, 5.41) is 48.9. The molecule has 4 aliphatic heterocycles. The van der Waals surface area contributed by atoms with Crippen molar-refractivity contribution < 1.29 is 63.2 Å². The molecule has 0 aliphatic carbocycles. The molecule has 0 radical (unpaired) electrons. The van der Waals surface area contributed by atoms with Crippen LogP contribution in [-0.2, 0) is 42.7 Å². The van der Waals surface area contributed by atoms with Gasteiger partial charge in [-0.15, -0.1) is 0 Å². The van der Waals surface area contributed by atoms with Gasteiger partial charge in [0.1, 0.15) is 23.9 Å². The second kappa shape index (κ2) is 24.8. The van der Waals surface area contributed by atoms with Crippen molar-refractivity contribution >= 4 is 33.5 Å². The van der Waals surface area contributed by atoms with Crippen LogP contribution in [0.25, 0.3) is 0 Å². The Kier molecular flexibility index (Phi) is 21.7. The molecular formula is C48H88N2O13S2. The van der Waals surface area contributed by atoms with Gasteiger partial charge in [0.25, 0.3) is 0 Å². The van der Waals surface area contributed by atoms with E-state index < -0.39 is 96.0 Å². The fourth-order valence-corrected chi connectivity index (χ4v) is 13.8. The highest BCUT2D eigenvalue weighted by Gasteiger charge is 2.54. The molecule has 4 rings (SSSR count). The standard InChI is InChI=1S/C48H88N2O13S2/c1-15-35-42(53)47(10,57-14)26-38(59-35)62-39-30(6)43(63-45-40(34(49(11)12)24-29(5)58-45)61-37(51)21-19-18-20-33-22-23-64-65-33)46(9,55)25-28(4)27-50(13)32(8)41(52)48(56,17-3)36(16-2)60-44(54)31(39)7/h28-36,38-43,45,52-53,55-56H,15-27H2,1-14H3/t28-,29-,30+,31-,32-,33-,34+,35+,36-,38+,39+,40-,41-,42+,43-,45+,46-,47-,48-/m1/s1. The number of cyclic esters (lactones) is 1. The molecule has 17 heteroatoms. The lowest BCUT2D eigenvalue weighted by Crippen LogP contribution is -2.61. The maximum atomic E-state index is 14.7. The Bertz CT molecular complexity index is 1480. The molecule has 19 atom stereocenters. The molecule has 0 saturated carbocycles. The molecule has 4 aliphatic rings. The monoisotopic (exact) mass is 965 g/mol.